The minimum absolute atomic E-state index is 0.0356. The van der Waals surface area contributed by atoms with Gasteiger partial charge in [-0.1, -0.05) is 0 Å². The van der Waals surface area contributed by atoms with Gasteiger partial charge >= 0.3 is 6.18 Å². The lowest BCUT2D eigenvalue weighted by molar-refractivity contribution is -0.175. The summed E-state index contributed by atoms with van der Waals surface area (Å²) >= 11 is 1.48. The second-order valence-corrected chi connectivity index (χ2v) is 4.26. The number of aromatic nitrogens is 1. The molecule has 1 rings (SSSR count). The van der Waals surface area contributed by atoms with Gasteiger partial charge in [0.1, 0.15) is 6.61 Å². The van der Waals surface area contributed by atoms with Gasteiger partial charge in [0, 0.05) is 23.5 Å². The predicted octanol–water partition coefficient (Wildman–Crippen LogP) is 1.85. The van der Waals surface area contributed by atoms with Crippen LogP contribution in [0.4, 0.5) is 13.2 Å². The highest BCUT2D eigenvalue weighted by molar-refractivity contribution is 7.09. The molecular formula is C9H13F3N2OS. The molecule has 0 spiro atoms. The number of ether oxygens (including phenoxy) is 1. The Hall–Kier alpha value is -0.660. The molecule has 7 heteroatoms. The molecule has 1 unspecified atom stereocenters. The summed E-state index contributed by atoms with van der Waals surface area (Å²) in [7, 11) is 1.70. The number of likely N-dealkylation sites (N-methyl/N-ethyl adjacent to an activating group) is 1. The van der Waals surface area contributed by atoms with Crippen molar-refractivity contribution in [2.45, 2.75) is 18.6 Å². The summed E-state index contributed by atoms with van der Waals surface area (Å²) < 4.78 is 40.1. The zero-order chi connectivity index (χ0) is 12.0. The molecule has 1 atom stereocenters. The lowest BCUT2D eigenvalue weighted by Gasteiger charge is -2.16. The van der Waals surface area contributed by atoms with Crippen molar-refractivity contribution in [1.29, 1.82) is 0 Å². The molecule has 0 fully saturated rings. The predicted molar refractivity (Wildman–Crippen MR) is 55.5 cm³/mol. The molecule has 0 saturated heterocycles. The fraction of sp³-hybridized carbons (Fsp3) is 0.667. The Morgan fingerprint density at radius 1 is 1.56 bits per heavy atom. The fourth-order valence-corrected chi connectivity index (χ4v) is 1.82. The van der Waals surface area contributed by atoms with Crippen molar-refractivity contribution in [2.75, 3.05) is 20.3 Å². The highest BCUT2D eigenvalue weighted by Crippen LogP contribution is 2.15. The monoisotopic (exact) mass is 254 g/mol. The molecule has 0 aliphatic rings. The molecule has 92 valence electrons. The van der Waals surface area contributed by atoms with Gasteiger partial charge < -0.3 is 10.1 Å². The van der Waals surface area contributed by atoms with Crippen LogP contribution in [0.15, 0.2) is 11.7 Å². The van der Waals surface area contributed by atoms with E-state index < -0.39 is 12.8 Å². The van der Waals surface area contributed by atoms with Gasteiger partial charge in [-0.15, -0.1) is 11.3 Å². The molecule has 0 amide bonds. The second-order valence-electron chi connectivity index (χ2n) is 3.29. The summed E-state index contributed by atoms with van der Waals surface area (Å²) in [6, 6.07) is -0.122. The first-order valence-electron chi connectivity index (χ1n) is 4.70. The Labute approximate surface area is 95.6 Å². The zero-order valence-electron chi connectivity index (χ0n) is 8.75. The average molecular weight is 254 g/mol. The van der Waals surface area contributed by atoms with Gasteiger partial charge in [0.25, 0.3) is 0 Å². The molecule has 0 bridgehead atoms. The smallest absolute Gasteiger partial charge is 0.370 e. The summed E-state index contributed by atoms with van der Waals surface area (Å²) in [5.74, 6) is 0. The van der Waals surface area contributed by atoms with Crippen LogP contribution < -0.4 is 5.32 Å². The number of halogens is 3. The van der Waals surface area contributed by atoms with Crippen LogP contribution in [0.2, 0.25) is 0 Å². The van der Waals surface area contributed by atoms with Gasteiger partial charge in [-0.3, -0.25) is 4.98 Å². The normalized spacial score (nSPS) is 14.0. The van der Waals surface area contributed by atoms with E-state index in [4.69, 9.17) is 0 Å². The van der Waals surface area contributed by atoms with Crippen LogP contribution in [0, 0.1) is 0 Å². The molecule has 1 heterocycles. The fourth-order valence-electron chi connectivity index (χ4n) is 1.15. The summed E-state index contributed by atoms with van der Waals surface area (Å²) in [5, 5.41) is 2.91. The molecule has 0 radical (unpaired) electrons. The Balaban J connectivity index is 2.27. The highest BCUT2D eigenvalue weighted by atomic mass is 32.1. The number of hydrogen-bond donors (Lipinski definition) is 1. The quantitative estimate of drug-likeness (QED) is 0.841. The van der Waals surface area contributed by atoms with E-state index in [-0.39, 0.29) is 12.6 Å². The minimum atomic E-state index is -4.26. The third kappa shape index (κ3) is 5.43. The Morgan fingerprint density at radius 3 is 2.81 bits per heavy atom. The van der Waals surface area contributed by atoms with E-state index in [0.29, 0.717) is 6.42 Å². The number of rotatable bonds is 6. The third-order valence-corrected chi connectivity index (χ3v) is 2.73. The van der Waals surface area contributed by atoms with Crippen LogP contribution in [0.25, 0.3) is 0 Å². The number of nitrogens with zero attached hydrogens (tertiary/aromatic N) is 1. The first-order valence-corrected chi connectivity index (χ1v) is 5.58. The molecule has 3 nitrogen and oxygen atoms in total. The van der Waals surface area contributed by atoms with Gasteiger partial charge in [0.05, 0.1) is 12.1 Å². The number of hydrogen-bond acceptors (Lipinski definition) is 4. The second kappa shape index (κ2) is 6.17. The maximum atomic E-state index is 11.8. The van der Waals surface area contributed by atoms with Gasteiger partial charge in [-0.25, -0.2) is 0 Å². The van der Waals surface area contributed by atoms with E-state index in [1.54, 1.807) is 18.8 Å². The maximum Gasteiger partial charge on any atom is 0.411 e. The molecule has 0 aliphatic carbocycles. The lowest BCUT2D eigenvalue weighted by atomic mass is 10.2. The van der Waals surface area contributed by atoms with Crippen LogP contribution in [0.5, 0.6) is 0 Å². The summed E-state index contributed by atoms with van der Waals surface area (Å²) in [6.45, 7) is -1.16. The van der Waals surface area contributed by atoms with Crippen molar-refractivity contribution in [3.63, 3.8) is 0 Å². The standard InChI is InChI=1S/C9H13F3N2OS/c1-13-7(2-8-3-14-6-16-8)4-15-5-9(10,11)12/h3,6-7,13H,2,4-5H2,1H3. The molecule has 1 N–H and O–H groups in total. The van der Waals surface area contributed by atoms with E-state index in [0.717, 1.165) is 4.88 Å². The van der Waals surface area contributed by atoms with Crippen molar-refractivity contribution in [3.05, 3.63) is 16.6 Å². The van der Waals surface area contributed by atoms with E-state index in [2.05, 4.69) is 15.0 Å². The Bertz CT molecular complexity index is 289. The molecule has 1 aromatic heterocycles. The summed E-state index contributed by atoms with van der Waals surface area (Å²) in [5.41, 5.74) is 1.69. The van der Waals surface area contributed by atoms with Crippen molar-refractivity contribution in [2.24, 2.45) is 0 Å². The SMILES string of the molecule is CNC(COCC(F)(F)F)Cc1cncs1. The van der Waals surface area contributed by atoms with E-state index in [9.17, 15) is 13.2 Å². The van der Waals surface area contributed by atoms with Crippen LogP contribution in [-0.2, 0) is 11.2 Å². The van der Waals surface area contributed by atoms with Gasteiger partial charge in [-0.05, 0) is 7.05 Å². The van der Waals surface area contributed by atoms with Crippen molar-refractivity contribution < 1.29 is 17.9 Å². The zero-order valence-corrected chi connectivity index (χ0v) is 9.57. The lowest BCUT2D eigenvalue weighted by Crippen LogP contribution is -2.33. The van der Waals surface area contributed by atoms with Gasteiger partial charge in [0.2, 0.25) is 0 Å². The minimum Gasteiger partial charge on any atom is -0.370 e. The first-order chi connectivity index (χ1) is 7.51. The van der Waals surface area contributed by atoms with Gasteiger partial charge in [-0.2, -0.15) is 13.2 Å². The van der Waals surface area contributed by atoms with E-state index >= 15 is 0 Å². The topological polar surface area (TPSA) is 34.1 Å². The average Bonchev–Trinajstić information content (AvgIpc) is 2.67. The highest BCUT2D eigenvalue weighted by Gasteiger charge is 2.27. The molecule has 0 saturated carbocycles. The Kier molecular flexibility index (Phi) is 5.17. The molecular weight excluding hydrogens is 241 g/mol. The molecule has 0 aromatic carbocycles. The third-order valence-electron chi connectivity index (χ3n) is 1.92. The van der Waals surface area contributed by atoms with Crippen LogP contribution in [0.3, 0.4) is 0 Å². The maximum absolute atomic E-state index is 11.8. The Morgan fingerprint density at radius 2 is 2.31 bits per heavy atom. The molecule has 16 heavy (non-hydrogen) atoms. The van der Waals surface area contributed by atoms with Crippen LogP contribution in [-0.4, -0.2) is 37.5 Å². The van der Waals surface area contributed by atoms with Gasteiger partial charge in [0.15, 0.2) is 0 Å². The molecule has 0 aliphatic heterocycles. The van der Waals surface area contributed by atoms with Crippen molar-refractivity contribution >= 4 is 11.3 Å². The van der Waals surface area contributed by atoms with Crippen LogP contribution in [0.1, 0.15) is 4.88 Å². The van der Waals surface area contributed by atoms with Crippen molar-refractivity contribution in [3.8, 4) is 0 Å². The van der Waals surface area contributed by atoms with Crippen LogP contribution >= 0.6 is 11.3 Å². The largest absolute Gasteiger partial charge is 0.411 e. The number of alkyl halides is 3. The molecule has 1 aromatic rings. The number of thiazole rings is 1. The summed E-state index contributed by atoms with van der Waals surface area (Å²) in [6.07, 6.45) is -1.93. The first kappa shape index (κ1) is 13.4. The van der Waals surface area contributed by atoms with E-state index in [1.165, 1.54) is 11.3 Å². The number of nitrogens with one attached hydrogen (secondary N) is 1. The summed E-state index contributed by atoms with van der Waals surface area (Å²) in [4.78, 5) is 4.92. The van der Waals surface area contributed by atoms with Crippen molar-refractivity contribution in [1.82, 2.24) is 10.3 Å². The van der Waals surface area contributed by atoms with E-state index in [1.807, 2.05) is 0 Å².